The summed E-state index contributed by atoms with van der Waals surface area (Å²) in [5, 5.41) is 32.5. The highest BCUT2D eigenvalue weighted by Crippen LogP contribution is 2.47. The molecule has 8 rings (SSSR count). The number of halogens is 2. The average Bonchev–Trinajstić information content (AvgIpc) is 3.38. The quantitative estimate of drug-likeness (QED) is 0.0352. The number of aliphatic hydroxyl groups is 2. The molecule has 7 aromatic rings. The first-order valence-corrected chi connectivity index (χ1v) is 23.2. The number of amides is 3. The molecule has 6 unspecified atom stereocenters. The smallest absolute Gasteiger partial charge is 0.233 e. The maximum Gasteiger partial charge on any atom is 0.233 e. The van der Waals surface area contributed by atoms with Crippen LogP contribution >= 0.6 is 0 Å². The third kappa shape index (κ3) is 12.1. The van der Waals surface area contributed by atoms with Gasteiger partial charge in [0.2, 0.25) is 17.7 Å². The zero-order valence-corrected chi connectivity index (χ0v) is 37.9. The zero-order valence-electron chi connectivity index (χ0n) is 37.9. The van der Waals surface area contributed by atoms with Crippen LogP contribution in [-0.2, 0) is 20.9 Å². The summed E-state index contributed by atoms with van der Waals surface area (Å²) < 4.78 is 27.3. The lowest BCUT2D eigenvalue weighted by molar-refractivity contribution is -0.131. The zero-order chi connectivity index (χ0) is 48.1. The predicted molar refractivity (Wildman–Crippen MR) is 262 cm³/mol. The molecule has 69 heavy (non-hydrogen) atoms. The number of unbranched alkanes of at least 4 members (excludes halogenated alkanes) is 1. The van der Waals surface area contributed by atoms with Gasteiger partial charge in [-0.3, -0.25) is 19.4 Å². The van der Waals surface area contributed by atoms with Gasteiger partial charge in [-0.15, -0.1) is 0 Å². The number of β-lactam (4-membered cyclic amide) rings is 1. The Hall–Kier alpha value is -7.61. The molecule has 3 amide bonds. The van der Waals surface area contributed by atoms with E-state index < -0.39 is 41.7 Å². The van der Waals surface area contributed by atoms with Gasteiger partial charge in [0, 0.05) is 48.8 Å². The van der Waals surface area contributed by atoms with Gasteiger partial charge < -0.3 is 31.1 Å². The molecule has 1 fully saturated rings. The van der Waals surface area contributed by atoms with Crippen molar-refractivity contribution in [2.24, 2.45) is 5.92 Å². The number of para-hydroxylation sites is 1. The van der Waals surface area contributed by atoms with Crippen LogP contribution in [-0.4, -0.2) is 37.9 Å². The minimum atomic E-state index is -0.975. The molecule has 2 aromatic heterocycles. The number of carbonyl (C=O) groups is 3. The number of rotatable bonds is 21. The second-order valence-corrected chi connectivity index (χ2v) is 17.2. The van der Waals surface area contributed by atoms with Crippen LogP contribution in [0.1, 0.15) is 102 Å². The summed E-state index contributed by atoms with van der Waals surface area (Å²) in [6, 6.07) is 46.1. The molecule has 0 saturated carbocycles. The first kappa shape index (κ1) is 47.9. The van der Waals surface area contributed by atoms with E-state index in [1.807, 2.05) is 115 Å². The summed E-state index contributed by atoms with van der Waals surface area (Å²) in [5.74, 6) is -1.77. The highest BCUT2D eigenvalue weighted by molar-refractivity contribution is 6.03. The van der Waals surface area contributed by atoms with E-state index in [4.69, 9.17) is 0 Å². The molecule has 11 nitrogen and oxygen atoms in total. The van der Waals surface area contributed by atoms with E-state index >= 15 is 0 Å². The monoisotopic (exact) mass is 928 g/mol. The van der Waals surface area contributed by atoms with E-state index in [-0.39, 0.29) is 43.1 Å². The van der Waals surface area contributed by atoms with E-state index in [1.165, 1.54) is 36.4 Å². The van der Waals surface area contributed by atoms with Gasteiger partial charge in [0.25, 0.3) is 0 Å². The van der Waals surface area contributed by atoms with Gasteiger partial charge in [-0.25, -0.2) is 13.8 Å². The summed E-state index contributed by atoms with van der Waals surface area (Å²) in [5.41, 5.74) is 5.52. The van der Waals surface area contributed by atoms with Crippen LogP contribution in [0.2, 0.25) is 0 Å². The number of pyridine rings is 2. The molecule has 3 heterocycles. The minimum Gasteiger partial charge on any atom is -0.388 e. The Kier molecular flexibility index (Phi) is 15.9. The molecule has 1 saturated heterocycles. The molecule has 6 atom stereocenters. The molecule has 1 aliphatic heterocycles. The Balaban J connectivity index is 0.863. The van der Waals surface area contributed by atoms with E-state index in [1.54, 1.807) is 29.4 Å². The van der Waals surface area contributed by atoms with Crippen molar-refractivity contribution in [1.82, 2.24) is 15.3 Å². The van der Waals surface area contributed by atoms with E-state index in [0.29, 0.717) is 59.7 Å². The van der Waals surface area contributed by atoms with E-state index in [0.717, 1.165) is 16.7 Å². The standard InChI is InChI=1S/C56H54F2N6O5/c57-41-26-24-38(25-27-41)48(65)33-32-45-54(64(56(45)69)43-30-28-42(58)29-31-43)39-22-20-37(21-23-39)36-61-50(66)18-6-7-19-51(67)62-46-15-5-4-14-44(46)53(63-49-17-9-11-35-60-49)52(47-16-8-10-34-59-47)55(68)40-12-2-1-3-13-40/h1-5,8-17,20-31,34-35,45,48,52-55,65,68H,6-7,18-19,32-33,36H2,(H,60,63)(H,61,66)(H,62,67). The summed E-state index contributed by atoms with van der Waals surface area (Å²) in [7, 11) is 0. The molecular weight excluding hydrogens is 875 g/mol. The van der Waals surface area contributed by atoms with E-state index in [2.05, 4.69) is 25.9 Å². The molecule has 0 spiro atoms. The highest BCUT2D eigenvalue weighted by Gasteiger charge is 2.48. The van der Waals surface area contributed by atoms with Crippen LogP contribution in [0.15, 0.2) is 176 Å². The Labute approximate surface area is 400 Å². The van der Waals surface area contributed by atoms with Crippen molar-refractivity contribution in [3.8, 4) is 0 Å². The van der Waals surface area contributed by atoms with Crippen molar-refractivity contribution in [2.75, 3.05) is 15.5 Å². The number of nitrogens with zero attached hydrogens (tertiary/aromatic N) is 3. The Bertz CT molecular complexity index is 2770. The first-order valence-electron chi connectivity index (χ1n) is 23.2. The second-order valence-electron chi connectivity index (χ2n) is 17.2. The fourth-order valence-corrected chi connectivity index (χ4v) is 8.99. The van der Waals surface area contributed by atoms with Gasteiger partial charge >= 0.3 is 0 Å². The third-order valence-corrected chi connectivity index (χ3v) is 12.6. The van der Waals surface area contributed by atoms with Crippen molar-refractivity contribution in [3.05, 3.63) is 221 Å². The molecule has 5 N–H and O–H groups in total. The number of aliphatic hydroxyl groups excluding tert-OH is 2. The normalized spacial score (nSPS) is 16.1. The highest BCUT2D eigenvalue weighted by atomic mass is 19.1. The molecule has 1 aliphatic rings. The SMILES string of the molecule is O=C(CCCCC(=O)Nc1ccccc1C(Nc1ccccn1)C(c1ccccn1)C(O)c1ccccc1)NCc1ccc(C2C(CCC(O)c3ccc(F)cc3)C(=O)N2c2ccc(F)cc2)cc1. The number of benzene rings is 5. The van der Waals surface area contributed by atoms with Gasteiger partial charge in [-0.2, -0.15) is 0 Å². The number of hydrogen-bond donors (Lipinski definition) is 5. The van der Waals surface area contributed by atoms with Gasteiger partial charge in [-0.05, 0) is 120 Å². The first-order chi connectivity index (χ1) is 33.6. The molecule has 5 aromatic carbocycles. The average molecular weight is 929 g/mol. The topological polar surface area (TPSA) is 157 Å². The number of aromatic nitrogens is 2. The van der Waals surface area contributed by atoms with Crippen molar-refractivity contribution in [3.63, 3.8) is 0 Å². The minimum absolute atomic E-state index is 0.135. The lowest BCUT2D eigenvalue weighted by atomic mass is 9.78. The second kappa shape index (κ2) is 22.9. The van der Waals surface area contributed by atoms with E-state index in [9.17, 15) is 33.4 Å². The van der Waals surface area contributed by atoms with Gasteiger partial charge in [-0.1, -0.05) is 97.1 Å². The van der Waals surface area contributed by atoms with Crippen LogP contribution in [0.4, 0.5) is 26.0 Å². The van der Waals surface area contributed by atoms with Crippen LogP contribution in [0.5, 0.6) is 0 Å². The Morgan fingerprint density at radius 3 is 1.99 bits per heavy atom. The molecule has 0 bridgehead atoms. The lowest BCUT2D eigenvalue weighted by Crippen LogP contribution is -2.55. The van der Waals surface area contributed by atoms with Crippen molar-refractivity contribution in [1.29, 1.82) is 0 Å². The maximum atomic E-state index is 13.8. The summed E-state index contributed by atoms with van der Waals surface area (Å²) in [4.78, 5) is 50.9. The molecular formula is C56H54F2N6O5. The molecule has 352 valence electrons. The van der Waals surface area contributed by atoms with Crippen LogP contribution < -0.4 is 20.9 Å². The Morgan fingerprint density at radius 1 is 0.667 bits per heavy atom. The van der Waals surface area contributed by atoms with Gasteiger partial charge in [0.15, 0.2) is 0 Å². The van der Waals surface area contributed by atoms with Crippen molar-refractivity contribution < 1.29 is 33.4 Å². The number of carbonyl (C=O) groups excluding carboxylic acids is 3. The fourth-order valence-electron chi connectivity index (χ4n) is 8.99. The lowest BCUT2D eigenvalue weighted by Gasteiger charge is -2.48. The van der Waals surface area contributed by atoms with Crippen molar-refractivity contribution >= 4 is 34.9 Å². The molecule has 0 radical (unpaired) electrons. The van der Waals surface area contributed by atoms with Crippen molar-refractivity contribution in [2.45, 2.75) is 75.3 Å². The summed E-state index contributed by atoms with van der Waals surface area (Å²) >= 11 is 0. The summed E-state index contributed by atoms with van der Waals surface area (Å²) in [6.45, 7) is 0.279. The molecule has 13 heteroatoms. The van der Waals surface area contributed by atoms with Gasteiger partial charge in [0.05, 0.1) is 36.1 Å². The molecule has 0 aliphatic carbocycles. The number of hydrogen-bond acceptors (Lipinski definition) is 8. The summed E-state index contributed by atoms with van der Waals surface area (Å²) in [6.07, 6.45) is 3.57. The van der Waals surface area contributed by atoms with Crippen LogP contribution in [0.25, 0.3) is 0 Å². The van der Waals surface area contributed by atoms with Crippen LogP contribution in [0.3, 0.4) is 0 Å². The van der Waals surface area contributed by atoms with Gasteiger partial charge in [0.1, 0.15) is 17.5 Å². The largest absolute Gasteiger partial charge is 0.388 e. The fraction of sp³-hybridized carbons (Fsp3) is 0.232. The maximum absolute atomic E-state index is 13.8. The predicted octanol–water partition coefficient (Wildman–Crippen LogP) is 10.5. The Morgan fingerprint density at radius 2 is 1.30 bits per heavy atom. The third-order valence-electron chi connectivity index (χ3n) is 12.6. The number of anilines is 3. The van der Waals surface area contributed by atoms with Crippen LogP contribution in [0, 0.1) is 17.6 Å². The number of nitrogens with one attached hydrogen (secondary N) is 3.